The van der Waals surface area contributed by atoms with Crippen LogP contribution in [0.5, 0.6) is 0 Å². The van der Waals surface area contributed by atoms with Gasteiger partial charge >= 0.3 is 0 Å². The van der Waals surface area contributed by atoms with E-state index in [4.69, 9.17) is 0 Å². The zero-order valence-corrected chi connectivity index (χ0v) is 15.8. The zero-order valence-electron chi connectivity index (χ0n) is 15.8. The van der Waals surface area contributed by atoms with Crippen molar-refractivity contribution in [2.75, 3.05) is 5.32 Å². The van der Waals surface area contributed by atoms with Gasteiger partial charge in [-0.15, -0.1) is 0 Å². The zero-order chi connectivity index (χ0) is 19.5. The summed E-state index contributed by atoms with van der Waals surface area (Å²) in [7, 11) is 0. The molecule has 0 aliphatic rings. The topological polar surface area (TPSA) is 64.7 Å². The summed E-state index contributed by atoms with van der Waals surface area (Å²) in [5.41, 5.74) is 4.81. The molecule has 140 valence electrons. The second kappa shape index (κ2) is 7.52. The number of hydrogen-bond donors (Lipinski definition) is 1. The first-order valence-corrected chi connectivity index (χ1v) is 9.11. The van der Waals surface area contributed by atoms with Crippen LogP contribution in [0.4, 0.5) is 5.82 Å². The molecule has 2 heterocycles. The molecule has 0 spiro atoms. The lowest BCUT2D eigenvalue weighted by Gasteiger charge is -2.09. The van der Waals surface area contributed by atoms with Gasteiger partial charge in [0.25, 0.3) is 0 Å². The number of anilines is 1. The Kier molecular flexibility index (Phi) is 4.76. The molecule has 1 amide bonds. The third-order valence-electron chi connectivity index (χ3n) is 4.47. The first kappa shape index (κ1) is 17.7. The number of rotatable bonds is 5. The molecular weight excluding hydrogens is 350 g/mol. The number of benzene rings is 2. The molecule has 0 fully saturated rings. The Morgan fingerprint density at radius 3 is 2.50 bits per heavy atom. The van der Waals surface area contributed by atoms with Crippen LogP contribution in [-0.2, 0) is 11.3 Å². The van der Waals surface area contributed by atoms with Crippen molar-refractivity contribution in [3.63, 3.8) is 0 Å². The Morgan fingerprint density at radius 1 is 0.964 bits per heavy atom. The van der Waals surface area contributed by atoms with E-state index in [9.17, 15) is 4.79 Å². The molecule has 2 aromatic heterocycles. The van der Waals surface area contributed by atoms with Gasteiger partial charge in [0.1, 0.15) is 12.4 Å². The van der Waals surface area contributed by atoms with Crippen LogP contribution in [0.15, 0.2) is 72.9 Å². The van der Waals surface area contributed by atoms with Crippen LogP contribution in [-0.4, -0.2) is 25.5 Å². The minimum absolute atomic E-state index is 0.130. The summed E-state index contributed by atoms with van der Waals surface area (Å²) in [5.74, 6) is 0.483. The molecule has 4 rings (SSSR count). The number of amides is 1. The summed E-state index contributed by atoms with van der Waals surface area (Å²) in [5, 5.41) is 12.0. The Labute approximate surface area is 163 Å². The average Bonchev–Trinajstić information content (AvgIpc) is 3.29. The van der Waals surface area contributed by atoms with Crippen molar-refractivity contribution in [1.29, 1.82) is 0 Å². The van der Waals surface area contributed by atoms with Crippen LogP contribution in [0.2, 0.25) is 0 Å². The minimum Gasteiger partial charge on any atom is -0.309 e. The highest BCUT2D eigenvalue weighted by Gasteiger charge is 2.12. The van der Waals surface area contributed by atoms with E-state index in [0.29, 0.717) is 5.82 Å². The van der Waals surface area contributed by atoms with E-state index in [1.807, 2.05) is 86.8 Å². The molecule has 6 heteroatoms. The quantitative estimate of drug-likeness (QED) is 0.577. The predicted molar refractivity (Wildman–Crippen MR) is 109 cm³/mol. The highest BCUT2D eigenvalue weighted by atomic mass is 16.2. The van der Waals surface area contributed by atoms with Gasteiger partial charge in [-0.25, -0.2) is 4.68 Å². The van der Waals surface area contributed by atoms with E-state index in [1.165, 1.54) is 0 Å². The van der Waals surface area contributed by atoms with Crippen LogP contribution >= 0.6 is 0 Å². The summed E-state index contributed by atoms with van der Waals surface area (Å²) in [4.78, 5) is 12.6. The van der Waals surface area contributed by atoms with Crippen molar-refractivity contribution in [2.24, 2.45) is 0 Å². The molecule has 2 aromatic carbocycles. The van der Waals surface area contributed by atoms with E-state index in [2.05, 4.69) is 15.5 Å². The molecular formula is C22H21N5O. The molecule has 28 heavy (non-hydrogen) atoms. The highest BCUT2D eigenvalue weighted by Crippen LogP contribution is 2.21. The molecule has 4 aromatic rings. The van der Waals surface area contributed by atoms with Gasteiger partial charge in [-0.1, -0.05) is 42.5 Å². The Morgan fingerprint density at radius 2 is 1.71 bits per heavy atom. The highest BCUT2D eigenvalue weighted by molar-refractivity contribution is 5.90. The monoisotopic (exact) mass is 371 g/mol. The van der Waals surface area contributed by atoms with Crippen LogP contribution in [0.3, 0.4) is 0 Å². The summed E-state index contributed by atoms with van der Waals surface area (Å²) < 4.78 is 3.38. The molecule has 0 atom stereocenters. The molecule has 0 unspecified atom stereocenters. The average molecular weight is 371 g/mol. The van der Waals surface area contributed by atoms with Crippen LogP contribution in [0, 0.1) is 13.8 Å². The molecule has 0 aliphatic heterocycles. The van der Waals surface area contributed by atoms with Crippen LogP contribution in [0.1, 0.15) is 11.3 Å². The minimum atomic E-state index is -0.156. The maximum atomic E-state index is 12.6. The van der Waals surface area contributed by atoms with Crippen molar-refractivity contribution in [3.05, 3.63) is 84.2 Å². The molecule has 0 saturated heterocycles. The molecule has 0 bridgehead atoms. The first-order valence-electron chi connectivity index (χ1n) is 9.11. The van der Waals surface area contributed by atoms with E-state index < -0.39 is 0 Å². The van der Waals surface area contributed by atoms with Crippen molar-refractivity contribution < 1.29 is 4.79 Å². The fourth-order valence-electron chi connectivity index (χ4n) is 3.14. The van der Waals surface area contributed by atoms with Crippen molar-refractivity contribution in [1.82, 2.24) is 19.6 Å². The largest absolute Gasteiger partial charge is 0.309 e. The van der Waals surface area contributed by atoms with Crippen LogP contribution < -0.4 is 5.32 Å². The number of para-hydroxylation sites is 1. The molecule has 1 N–H and O–H groups in total. The number of aromatic nitrogens is 4. The van der Waals surface area contributed by atoms with E-state index in [0.717, 1.165) is 28.2 Å². The van der Waals surface area contributed by atoms with Crippen molar-refractivity contribution >= 4 is 11.7 Å². The van der Waals surface area contributed by atoms with E-state index >= 15 is 0 Å². The number of carbonyl (C=O) groups is 1. The lowest BCUT2D eigenvalue weighted by molar-refractivity contribution is -0.116. The third kappa shape index (κ3) is 3.71. The molecule has 0 radical (unpaired) electrons. The number of nitrogens with zero attached hydrogens (tertiary/aromatic N) is 4. The standard InChI is InChI=1S/C22H21N5O/c1-16-8-6-7-11-19(16)20-12-13-26(25-20)15-22(28)23-21-14-17(2)24-27(21)18-9-4-3-5-10-18/h3-14H,15H2,1-2H3,(H,23,28). The number of hydrogen-bond acceptors (Lipinski definition) is 3. The predicted octanol–water partition coefficient (Wildman–Crippen LogP) is 3.99. The first-order chi connectivity index (χ1) is 13.6. The van der Waals surface area contributed by atoms with Crippen molar-refractivity contribution in [3.8, 4) is 16.9 Å². The van der Waals surface area contributed by atoms with E-state index in [-0.39, 0.29) is 12.5 Å². The van der Waals surface area contributed by atoms with Gasteiger partial charge in [0.05, 0.1) is 17.1 Å². The van der Waals surface area contributed by atoms with Gasteiger partial charge in [-0.3, -0.25) is 9.48 Å². The van der Waals surface area contributed by atoms with Gasteiger partial charge < -0.3 is 5.32 Å². The van der Waals surface area contributed by atoms with Crippen molar-refractivity contribution in [2.45, 2.75) is 20.4 Å². The number of nitrogens with one attached hydrogen (secondary N) is 1. The molecule has 6 nitrogen and oxygen atoms in total. The fourth-order valence-corrected chi connectivity index (χ4v) is 3.14. The molecule has 0 aliphatic carbocycles. The fraction of sp³-hybridized carbons (Fsp3) is 0.136. The molecule has 0 saturated carbocycles. The van der Waals surface area contributed by atoms with Gasteiger partial charge in [0, 0.05) is 17.8 Å². The Balaban J connectivity index is 1.50. The van der Waals surface area contributed by atoms with Gasteiger partial charge in [-0.2, -0.15) is 10.2 Å². The Hall–Kier alpha value is -3.67. The van der Waals surface area contributed by atoms with Gasteiger partial charge in [-0.05, 0) is 37.6 Å². The summed E-state index contributed by atoms with van der Waals surface area (Å²) in [6, 6.07) is 21.6. The van der Waals surface area contributed by atoms with Gasteiger partial charge in [0.15, 0.2) is 0 Å². The lowest BCUT2D eigenvalue weighted by atomic mass is 10.1. The normalized spacial score (nSPS) is 10.8. The SMILES string of the molecule is Cc1cc(NC(=O)Cn2ccc(-c3ccccc3C)n2)n(-c2ccccc2)n1. The van der Waals surface area contributed by atoms with E-state index in [1.54, 1.807) is 9.36 Å². The lowest BCUT2D eigenvalue weighted by Crippen LogP contribution is -2.20. The third-order valence-corrected chi connectivity index (χ3v) is 4.47. The number of aryl methyl sites for hydroxylation is 2. The smallest absolute Gasteiger partial charge is 0.247 e. The summed E-state index contributed by atoms with van der Waals surface area (Å²) in [6.45, 7) is 4.08. The Bertz CT molecular complexity index is 1110. The second-order valence-corrected chi connectivity index (χ2v) is 6.68. The summed E-state index contributed by atoms with van der Waals surface area (Å²) >= 11 is 0. The second-order valence-electron chi connectivity index (χ2n) is 6.68. The number of carbonyl (C=O) groups excluding carboxylic acids is 1. The van der Waals surface area contributed by atoms with Crippen LogP contribution in [0.25, 0.3) is 16.9 Å². The van der Waals surface area contributed by atoms with Gasteiger partial charge in [0.2, 0.25) is 5.91 Å². The maximum Gasteiger partial charge on any atom is 0.247 e. The maximum absolute atomic E-state index is 12.6. The summed E-state index contributed by atoms with van der Waals surface area (Å²) in [6.07, 6.45) is 1.82.